The first-order chi connectivity index (χ1) is 8.65. The Labute approximate surface area is 105 Å². The molecule has 1 aromatic rings. The Morgan fingerprint density at radius 3 is 2.56 bits per heavy atom. The summed E-state index contributed by atoms with van der Waals surface area (Å²) in [4.78, 5) is 21.6. The quantitative estimate of drug-likeness (QED) is 0.597. The number of rotatable bonds is 5. The van der Waals surface area contributed by atoms with Crippen LogP contribution in [0.25, 0.3) is 0 Å². The van der Waals surface area contributed by atoms with Crippen LogP contribution in [-0.2, 0) is 11.3 Å². The Hall–Kier alpha value is -1.95. The Kier molecular flexibility index (Phi) is 3.88. The maximum absolute atomic E-state index is 11.5. The average molecular weight is 249 g/mol. The fourth-order valence-corrected chi connectivity index (χ4v) is 1.76. The van der Waals surface area contributed by atoms with E-state index in [1.165, 1.54) is 12.1 Å². The van der Waals surface area contributed by atoms with Gasteiger partial charge < -0.3 is 10.6 Å². The molecular weight excluding hydrogens is 234 g/mol. The molecule has 1 aromatic carbocycles. The van der Waals surface area contributed by atoms with Gasteiger partial charge in [-0.1, -0.05) is 12.1 Å². The highest BCUT2D eigenvalue weighted by Crippen LogP contribution is 2.12. The highest BCUT2D eigenvalue weighted by molar-refractivity contribution is 5.76. The van der Waals surface area contributed by atoms with Crippen LogP contribution in [0.1, 0.15) is 12.0 Å². The maximum Gasteiger partial charge on any atom is 0.269 e. The first kappa shape index (κ1) is 12.5. The fourth-order valence-electron chi connectivity index (χ4n) is 1.76. The second-order valence-corrected chi connectivity index (χ2v) is 4.43. The minimum absolute atomic E-state index is 0.0276. The monoisotopic (exact) mass is 249 g/mol. The van der Waals surface area contributed by atoms with E-state index in [0.29, 0.717) is 18.9 Å². The molecule has 0 aromatic heterocycles. The van der Waals surface area contributed by atoms with Gasteiger partial charge in [0.2, 0.25) is 5.91 Å². The molecule has 6 heteroatoms. The van der Waals surface area contributed by atoms with Crippen LogP contribution in [0, 0.1) is 16.0 Å². The lowest BCUT2D eigenvalue weighted by atomic mass is 9.99. The van der Waals surface area contributed by atoms with Gasteiger partial charge in [-0.2, -0.15) is 0 Å². The normalized spacial score (nSPS) is 14.9. The number of nitrogens with one attached hydrogen (secondary N) is 2. The molecule has 0 saturated carbocycles. The summed E-state index contributed by atoms with van der Waals surface area (Å²) in [7, 11) is 0. The molecule has 2 N–H and O–H groups in total. The lowest BCUT2D eigenvalue weighted by molar-refractivity contribution is -0.384. The van der Waals surface area contributed by atoms with Crippen molar-refractivity contribution in [2.24, 2.45) is 5.92 Å². The zero-order valence-electron chi connectivity index (χ0n) is 9.89. The van der Waals surface area contributed by atoms with Crippen LogP contribution in [0.4, 0.5) is 5.69 Å². The number of amides is 1. The van der Waals surface area contributed by atoms with Crippen LogP contribution in [0.3, 0.4) is 0 Å². The van der Waals surface area contributed by atoms with E-state index in [-0.39, 0.29) is 11.6 Å². The number of hydrogen-bond acceptors (Lipinski definition) is 4. The summed E-state index contributed by atoms with van der Waals surface area (Å²) in [5.74, 6) is 0.474. The van der Waals surface area contributed by atoms with E-state index < -0.39 is 4.92 Å². The standard InChI is InChI=1S/C12H15N3O3/c16-12(5-10-6-13-7-10)14-8-9-1-3-11(4-2-9)15(17)18/h1-4,10,13H,5-8H2,(H,14,16). The SMILES string of the molecule is O=C(CC1CNC1)NCc1ccc([N+](=O)[O-])cc1. The Bertz CT molecular complexity index is 440. The Morgan fingerprint density at radius 1 is 1.39 bits per heavy atom. The first-order valence-electron chi connectivity index (χ1n) is 5.86. The molecule has 18 heavy (non-hydrogen) atoms. The van der Waals surface area contributed by atoms with E-state index in [9.17, 15) is 14.9 Å². The molecule has 0 unspecified atom stereocenters. The maximum atomic E-state index is 11.5. The van der Waals surface area contributed by atoms with Crippen molar-refractivity contribution in [3.63, 3.8) is 0 Å². The summed E-state index contributed by atoms with van der Waals surface area (Å²) >= 11 is 0. The van der Waals surface area contributed by atoms with Gasteiger partial charge in [0.15, 0.2) is 0 Å². The van der Waals surface area contributed by atoms with Gasteiger partial charge in [0.05, 0.1) is 4.92 Å². The number of carbonyl (C=O) groups excluding carboxylic acids is 1. The van der Waals surface area contributed by atoms with Gasteiger partial charge in [-0.05, 0) is 24.6 Å². The molecule has 1 heterocycles. The van der Waals surface area contributed by atoms with Crippen molar-refractivity contribution in [3.05, 3.63) is 39.9 Å². The van der Waals surface area contributed by atoms with Gasteiger partial charge in [0.1, 0.15) is 0 Å². The molecular formula is C12H15N3O3. The zero-order chi connectivity index (χ0) is 13.0. The van der Waals surface area contributed by atoms with E-state index >= 15 is 0 Å². The van der Waals surface area contributed by atoms with Crippen molar-refractivity contribution in [1.29, 1.82) is 0 Å². The summed E-state index contributed by atoms with van der Waals surface area (Å²) in [6.07, 6.45) is 0.542. The largest absolute Gasteiger partial charge is 0.352 e. The highest BCUT2D eigenvalue weighted by Gasteiger charge is 2.19. The van der Waals surface area contributed by atoms with Crippen LogP contribution in [-0.4, -0.2) is 23.9 Å². The lowest BCUT2D eigenvalue weighted by Crippen LogP contribution is -2.44. The third-order valence-corrected chi connectivity index (χ3v) is 2.98. The molecule has 1 aliphatic heterocycles. The number of nitro benzene ring substituents is 1. The van der Waals surface area contributed by atoms with Crippen molar-refractivity contribution in [2.75, 3.05) is 13.1 Å². The van der Waals surface area contributed by atoms with E-state index in [2.05, 4.69) is 10.6 Å². The summed E-state index contributed by atoms with van der Waals surface area (Å²) in [6.45, 7) is 2.23. The number of nitro groups is 1. The number of carbonyl (C=O) groups is 1. The second-order valence-electron chi connectivity index (χ2n) is 4.43. The average Bonchev–Trinajstić information content (AvgIpc) is 2.32. The van der Waals surface area contributed by atoms with E-state index in [4.69, 9.17) is 0 Å². The van der Waals surface area contributed by atoms with Gasteiger partial charge in [-0.3, -0.25) is 14.9 Å². The molecule has 0 aliphatic carbocycles. The number of non-ortho nitro benzene ring substituents is 1. The third-order valence-electron chi connectivity index (χ3n) is 2.98. The predicted molar refractivity (Wildman–Crippen MR) is 65.9 cm³/mol. The molecule has 96 valence electrons. The van der Waals surface area contributed by atoms with Crippen molar-refractivity contribution < 1.29 is 9.72 Å². The number of nitrogens with zero attached hydrogens (tertiary/aromatic N) is 1. The number of hydrogen-bond donors (Lipinski definition) is 2. The van der Waals surface area contributed by atoms with Gasteiger partial charge in [-0.15, -0.1) is 0 Å². The lowest BCUT2D eigenvalue weighted by Gasteiger charge is -2.26. The van der Waals surface area contributed by atoms with Crippen LogP contribution in [0.2, 0.25) is 0 Å². The fraction of sp³-hybridized carbons (Fsp3) is 0.417. The van der Waals surface area contributed by atoms with Crippen molar-refractivity contribution in [3.8, 4) is 0 Å². The molecule has 1 aliphatic rings. The van der Waals surface area contributed by atoms with Crippen molar-refractivity contribution in [1.82, 2.24) is 10.6 Å². The van der Waals surface area contributed by atoms with Crippen molar-refractivity contribution >= 4 is 11.6 Å². The predicted octanol–water partition coefficient (Wildman–Crippen LogP) is 0.820. The number of benzene rings is 1. The van der Waals surface area contributed by atoms with Gasteiger partial charge in [-0.25, -0.2) is 0 Å². The first-order valence-corrected chi connectivity index (χ1v) is 5.86. The molecule has 6 nitrogen and oxygen atoms in total. The molecule has 2 rings (SSSR count). The minimum Gasteiger partial charge on any atom is -0.352 e. The summed E-state index contributed by atoms with van der Waals surface area (Å²) < 4.78 is 0. The van der Waals surface area contributed by atoms with Gasteiger partial charge in [0.25, 0.3) is 5.69 Å². The van der Waals surface area contributed by atoms with Gasteiger partial charge >= 0.3 is 0 Å². The molecule has 1 fully saturated rings. The summed E-state index contributed by atoms with van der Waals surface area (Å²) in [5.41, 5.74) is 0.923. The van der Waals surface area contributed by atoms with E-state index in [0.717, 1.165) is 18.7 Å². The van der Waals surface area contributed by atoms with E-state index in [1.54, 1.807) is 12.1 Å². The second kappa shape index (κ2) is 5.59. The Balaban J connectivity index is 1.78. The van der Waals surface area contributed by atoms with Crippen LogP contribution >= 0.6 is 0 Å². The third kappa shape index (κ3) is 3.27. The molecule has 0 radical (unpaired) electrons. The van der Waals surface area contributed by atoms with Crippen LogP contribution < -0.4 is 10.6 Å². The minimum atomic E-state index is -0.439. The summed E-state index contributed by atoms with van der Waals surface area (Å²) in [5, 5.41) is 16.4. The molecule has 0 atom stereocenters. The highest BCUT2D eigenvalue weighted by atomic mass is 16.6. The van der Waals surface area contributed by atoms with Crippen LogP contribution in [0.15, 0.2) is 24.3 Å². The molecule has 1 saturated heterocycles. The van der Waals surface area contributed by atoms with E-state index in [1.807, 2.05) is 0 Å². The smallest absolute Gasteiger partial charge is 0.269 e. The zero-order valence-corrected chi connectivity index (χ0v) is 9.89. The molecule has 0 spiro atoms. The van der Waals surface area contributed by atoms with Gasteiger partial charge in [0, 0.05) is 25.1 Å². The van der Waals surface area contributed by atoms with Crippen LogP contribution in [0.5, 0.6) is 0 Å². The van der Waals surface area contributed by atoms with Crippen molar-refractivity contribution in [2.45, 2.75) is 13.0 Å². The molecule has 1 amide bonds. The summed E-state index contributed by atoms with van der Waals surface area (Å²) in [6, 6.07) is 6.20. The Morgan fingerprint density at radius 2 is 2.06 bits per heavy atom. The molecule has 0 bridgehead atoms. The topological polar surface area (TPSA) is 84.3 Å².